The molecule has 0 aromatic rings. The fraction of sp³-hybridized carbons (Fsp3) is 0.867. The lowest BCUT2D eigenvalue weighted by Gasteiger charge is -2.27. The molecule has 0 amide bonds. The van der Waals surface area contributed by atoms with Crippen LogP contribution < -0.4 is 11.3 Å². The first-order chi connectivity index (χ1) is 8.40. The molecule has 2 aliphatic carbocycles. The minimum Gasteiger partial charge on any atom is -0.271 e. The van der Waals surface area contributed by atoms with Gasteiger partial charge in [0.25, 0.3) is 0 Å². The molecule has 3 N–H and O–H groups in total. The van der Waals surface area contributed by atoms with Crippen molar-refractivity contribution in [3.63, 3.8) is 0 Å². The Morgan fingerprint density at radius 2 is 1.88 bits per heavy atom. The maximum Gasteiger partial charge on any atom is 0.0275 e. The van der Waals surface area contributed by atoms with Crippen molar-refractivity contribution >= 4 is 0 Å². The van der Waals surface area contributed by atoms with Crippen LogP contribution in [0.5, 0.6) is 0 Å². The normalized spacial score (nSPS) is 25.1. The van der Waals surface area contributed by atoms with Crippen LogP contribution in [0.1, 0.15) is 70.6 Å². The monoisotopic (exact) mass is 236 g/mol. The molecule has 0 spiro atoms. The van der Waals surface area contributed by atoms with Gasteiger partial charge >= 0.3 is 0 Å². The average molecular weight is 236 g/mol. The quantitative estimate of drug-likeness (QED) is 0.338. The molecule has 17 heavy (non-hydrogen) atoms. The highest BCUT2D eigenvalue weighted by Crippen LogP contribution is 2.30. The Kier molecular flexibility index (Phi) is 5.53. The number of nitrogens with two attached hydrogens (primary N) is 1. The van der Waals surface area contributed by atoms with E-state index in [9.17, 15) is 0 Å². The molecular formula is C15H28N2. The zero-order valence-electron chi connectivity index (χ0n) is 11.1. The standard InChI is InChI=1S/C15H28N2/c16-17-15(12-13-8-4-3-5-9-13)14-10-6-1-2-7-11-14/h8,14-15,17H,1-7,9-12,16H2. The van der Waals surface area contributed by atoms with Gasteiger partial charge in [0.15, 0.2) is 0 Å². The number of nitrogens with one attached hydrogen (secondary N) is 1. The second-order valence-corrected chi connectivity index (χ2v) is 5.84. The van der Waals surface area contributed by atoms with Gasteiger partial charge in [-0.05, 0) is 50.9 Å². The van der Waals surface area contributed by atoms with Crippen LogP contribution in [0.15, 0.2) is 11.6 Å². The molecule has 98 valence electrons. The molecule has 0 saturated heterocycles. The molecule has 2 rings (SSSR count). The molecule has 1 fully saturated rings. The van der Waals surface area contributed by atoms with Crippen molar-refractivity contribution in [1.29, 1.82) is 0 Å². The summed E-state index contributed by atoms with van der Waals surface area (Å²) in [5.74, 6) is 6.61. The lowest BCUT2D eigenvalue weighted by atomic mass is 9.85. The molecule has 1 unspecified atom stereocenters. The summed E-state index contributed by atoms with van der Waals surface area (Å²) in [6.07, 6.45) is 17.4. The summed E-state index contributed by atoms with van der Waals surface area (Å²) in [5, 5.41) is 0. The van der Waals surface area contributed by atoms with Crippen LogP contribution in [0.4, 0.5) is 0 Å². The lowest BCUT2D eigenvalue weighted by molar-refractivity contribution is 0.317. The summed E-state index contributed by atoms with van der Waals surface area (Å²) in [6.45, 7) is 0. The second-order valence-electron chi connectivity index (χ2n) is 5.84. The van der Waals surface area contributed by atoms with Gasteiger partial charge in [-0.25, -0.2) is 0 Å². The molecule has 1 atom stereocenters. The molecule has 0 bridgehead atoms. The maximum atomic E-state index is 5.79. The highest BCUT2D eigenvalue weighted by molar-refractivity contribution is 5.07. The van der Waals surface area contributed by atoms with Crippen molar-refractivity contribution < 1.29 is 0 Å². The van der Waals surface area contributed by atoms with Gasteiger partial charge in [-0.3, -0.25) is 11.3 Å². The van der Waals surface area contributed by atoms with Gasteiger partial charge in [0, 0.05) is 6.04 Å². The van der Waals surface area contributed by atoms with Crippen LogP contribution in [-0.2, 0) is 0 Å². The first kappa shape index (κ1) is 13.1. The lowest BCUT2D eigenvalue weighted by Crippen LogP contribution is -2.41. The number of hydrogen-bond acceptors (Lipinski definition) is 2. The predicted molar refractivity (Wildman–Crippen MR) is 73.5 cm³/mol. The topological polar surface area (TPSA) is 38.0 Å². The van der Waals surface area contributed by atoms with E-state index in [0.717, 1.165) is 5.92 Å². The van der Waals surface area contributed by atoms with Crippen LogP contribution in [0.2, 0.25) is 0 Å². The van der Waals surface area contributed by atoms with Crippen molar-refractivity contribution in [1.82, 2.24) is 5.43 Å². The first-order valence-electron chi connectivity index (χ1n) is 7.54. The summed E-state index contributed by atoms with van der Waals surface area (Å²) in [5.41, 5.74) is 4.76. The molecule has 2 heteroatoms. The van der Waals surface area contributed by atoms with E-state index < -0.39 is 0 Å². The van der Waals surface area contributed by atoms with Gasteiger partial charge in [0.05, 0.1) is 0 Å². The first-order valence-corrected chi connectivity index (χ1v) is 7.54. The Bertz CT molecular complexity index is 239. The fourth-order valence-corrected chi connectivity index (χ4v) is 3.45. The molecule has 0 aromatic heterocycles. The third kappa shape index (κ3) is 4.11. The highest BCUT2D eigenvalue weighted by Gasteiger charge is 2.22. The molecule has 0 radical (unpaired) electrons. The van der Waals surface area contributed by atoms with E-state index in [1.807, 2.05) is 0 Å². The van der Waals surface area contributed by atoms with Gasteiger partial charge in [-0.2, -0.15) is 0 Å². The average Bonchev–Trinajstić information content (AvgIpc) is 2.66. The Balaban J connectivity index is 1.87. The van der Waals surface area contributed by atoms with Gasteiger partial charge in [-0.15, -0.1) is 0 Å². The summed E-state index contributed by atoms with van der Waals surface area (Å²) in [6, 6.07) is 0.525. The highest BCUT2D eigenvalue weighted by atomic mass is 15.2. The number of hydrogen-bond donors (Lipinski definition) is 2. The maximum absolute atomic E-state index is 5.79. The summed E-state index contributed by atoms with van der Waals surface area (Å²) in [7, 11) is 0. The molecule has 0 aliphatic heterocycles. The molecular weight excluding hydrogens is 208 g/mol. The smallest absolute Gasteiger partial charge is 0.0275 e. The van der Waals surface area contributed by atoms with E-state index in [1.54, 1.807) is 5.57 Å². The van der Waals surface area contributed by atoms with E-state index in [1.165, 1.54) is 70.6 Å². The summed E-state index contributed by atoms with van der Waals surface area (Å²) >= 11 is 0. The number of allylic oxidation sites excluding steroid dienone is 1. The van der Waals surface area contributed by atoms with E-state index in [-0.39, 0.29) is 0 Å². The van der Waals surface area contributed by atoms with E-state index in [4.69, 9.17) is 5.84 Å². The Hall–Kier alpha value is -0.340. The van der Waals surface area contributed by atoms with E-state index in [0.29, 0.717) is 6.04 Å². The van der Waals surface area contributed by atoms with Crippen LogP contribution in [-0.4, -0.2) is 6.04 Å². The number of hydrazine groups is 1. The molecule has 0 heterocycles. The van der Waals surface area contributed by atoms with Crippen molar-refractivity contribution in [3.8, 4) is 0 Å². The van der Waals surface area contributed by atoms with Gasteiger partial charge in [-0.1, -0.05) is 37.3 Å². The van der Waals surface area contributed by atoms with Crippen LogP contribution >= 0.6 is 0 Å². The zero-order chi connectivity index (χ0) is 11.9. The van der Waals surface area contributed by atoms with Crippen molar-refractivity contribution in [2.24, 2.45) is 11.8 Å². The summed E-state index contributed by atoms with van der Waals surface area (Å²) < 4.78 is 0. The van der Waals surface area contributed by atoms with Crippen LogP contribution in [0, 0.1) is 5.92 Å². The zero-order valence-corrected chi connectivity index (χ0v) is 11.1. The summed E-state index contributed by atoms with van der Waals surface area (Å²) in [4.78, 5) is 0. The van der Waals surface area contributed by atoms with Crippen LogP contribution in [0.25, 0.3) is 0 Å². The van der Waals surface area contributed by atoms with Crippen molar-refractivity contribution in [3.05, 3.63) is 11.6 Å². The molecule has 0 aromatic carbocycles. The molecule has 2 aliphatic rings. The van der Waals surface area contributed by atoms with Gasteiger partial charge in [0.1, 0.15) is 0 Å². The van der Waals surface area contributed by atoms with E-state index in [2.05, 4.69) is 11.5 Å². The molecule has 2 nitrogen and oxygen atoms in total. The van der Waals surface area contributed by atoms with Crippen LogP contribution in [0.3, 0.4) is 0 Å². The van der Waals surface area contributed by atoms with Crippen molar-refractivity contribution in [2.75, 3.05) is 0 Å². The largest absolute Gasteiger partial charge is 0.271 e. The minimum absolute atomic E-state index is 0.525. The van der Waals surface area contributed by atoms with E-state index >= 15 is 0 Å². The Morgan fingerprint density at radius 3 is 2.47 bits per heavy atom. The second kappa shape index (κ2) is 7.17. The van der Waals surface area contributed by atoms with Gasteiger partial charge in [0.2, 0.25) is 0 Å². The minimum atomic E-state index is 0.525. The molecule has 1 saturated carbocycles. The predicted octanol–water partition coefficient (Wildman–Crippen LogP) is 3.68. The third-order valence-corrected chi connectivity index (χ3v) is 4.55. The third-order valence-electron chi connectivity index (χ3n) is 4.55. The fourth-order valence-electron chi connectivity index (χ4n) is 3.45. The Morgan fingerprint density at radius 1 is 1.12 bits per heavy atom. The number of rotatable bonds is 4. The Labute approximate surface area is 106 Å². The SMILES string of the molecule is NNC(CC1=CCCCC1)C1CCCCCC1. The van der Waals surface area contributed by atoms with Crippen molar-refractivity contribution in [2.45, 2.75) is 76.7 Å². The van der Waals surface area contributed by atoms with Gasteiger partial charge < -0.3 is 0 Å².